The van der Waals surface area contributed by atoms with Crippen molar-refractivity contribution in [1.29, 1.82) is 0 Å². The first-order valence-corrected chi connectivity index (χ1v) is 9.64. The number of halogens is 1. The lowest BCUT2D eigenvalue weighted by molar-refractivity contribution is 0.0714. The number of carbonyl (C=O) groups excluding carboxylic acids is 1. The number of aryl methyl sites for hydroxylation is 1. The van der Waals surface area contributed by atoms with Gasteiger partial charge in [-0.05, 0) is 49.3 Å². The van der Waals surface area contributed by atoms with Crippen LogP contribution < -0.4 is 5.73 Å². The molecule has 1 aromatic carbocycles. The van der Waals surface area contributed by atoms with Gasteiger partial charge in [-0.2, -0.15) is 0 Å². The number of nitrogens with zero attached hydrogens (tertiary/aromatic N) is 2. The Hall–Kier alpha value is -1.79. The highest BCUT2D eigenvalue weighted by Gasteiger charge is 2.46. The van der Waals surface area contributed by atoms with Gasteiger partial charge in [-0.25, -0.2) is 9.37 Å². The van der Waals surface area contributed by atoms with E-state index in [1.807, 2.05) is 11.8 Å². The summed E-state index contributed by atoms with van der Waals surface area (Å²) in [6, 6.07) is 6.36. The van der Waals surface area contributed by atoms with Gasteiger partial charge in [0.2, 0.25) is 0 Å². The number of hydrogen-bond acceptors (Lipinski definition) is 4. The van der Waals surface area contributed by atoms with Crippen molar-refractivity contribution in [3.8, 4) is 10.4 Å². The van der Waals surface area contributed by atoms with Crippen LogP contribution in [0.25, 0.3) is 10.4 Å². The molecule has 2 heterocycles. The van der Waals surface area contributed by atoms with Crippen LogP contribution in [-0.4, -0.2) is 34.9 Å². The van der Waals surface area contributed by atoms with E-state index < -0.39 is 0 Å². The highest BCUT2D eigenvalue weighted by atomic mass is 32.1. The molecule has 1 aromatic heterocycles. The van der Waals surface area contributed by atoms with E-state index in [1.165, 1.54) is 36.3 Å². The number of likely N-dealkylation sites (tertiary alicyclic amines) is 1. The van der Waals surface area contributed by atoms with Crippen molar-refractivity contribution in [2.75, 3.05) is 13.1 Å². The first kappa shape index (κ1) is 16.7. The maximum atomic E-state index is 13.3. The summed E-state index contributed by atoms with van der Waals surface area (Å²) >= 11 is 1.48. The molecule has 6 heteroatoms. The molecule has 1 saturated heterocycles. The first-order chi connectivity index (χ1) is 12.1. The van der Waals surface area contributed by atoms with Gasteiger partial charge in [0.15, 0.2) is 0 Å². The molecule has 0 spiro atoms. The van der Waals surface area contributed by atoms with E-state index in [0.29, 0.717) is 24.1 Å². The monoisotopic (exact) mass is 359 g/mol. The summed E-state index contributed by atoms with van der Waals surface area (Å²) in [6.07, 6.45) is 3.59. The van der Waals surface area contributed by atoms with Crippen LogP contribution >= 0.6 is 11.3 Å². The number of nitrogens with two attached hydrogens (primary N) is 1. The van der Waals surface area contributed by atoms with Crippen molar-refractivity contribution in [3.05, 3.63) is 40.8 Å². The van der Waals surface area contributed by atoms with E-state index in [2.05, 4.69) is 4.98 Å². The standard InChI is InChI=1S/C19H22FN3OS/c1-11-22-17(18(25-11)12-5-7-14(20)8-6-12)19(24)23-10-13-3-2-4-15(13)16(23)9-21/h5-8,13,15-16H,2-4,9-10,21H2,1H3/t13-,15-,16?/m1/s1. The molecule has 2 aliphatic rings. The third-order valence-corrected chi connectivity index (χ3v) is 6.61. The zero-order chi connectivity index (χ0) is 17.6. The van der Waals surface area contributed by atoms with Crippen LogP contribution in [0.4, 0.5) is 4.39 Å². The minimum absolute atomic E-state index is 0.0338. The SMILES string of the molecule is Cc1nc(C(=O)N2C[C@H]3CCC[C@H]3C2CN)c(-c2ccc(F)cc2)s1. The van der Waals surface area contributed by atoms with Crippen molar-refractivity contribution in [3.63, 3.8) is 0 Å². The summed E-state index contributed by atoms with van der Waals surface area (Å²) in [7, 11) is 0. The van der Waals surface area contributed by atoms with Crippen molar-refractivity contribution in [2.24, 2.45) is 17.6 Å². The predicted octanol–water partition coefficient (Wildman–Crippen LogP) is 3.46. The average Bonchev–Trinajstić information content (AvgIpc) is 3.28. The lowest BCUT2D eigenvalue weighted by atomic mass is 9.94. The number of aromatic nitrogens is 1. The Morgan fingerprint density at radius 3 is 2.84 bits per heavy atom. The molecule has 2 aromatic rings. The summed E-state index contributed by atoms with van der Waals surface area (Å²) in [6.45, 7) is 3.18. The highest BCUT2D eigenvalue weighted by Crippen LogP contribution is 2.43. The van der Waals surface area contributed by atoms with Gasteiger partial charge >= 0.3 is 0 Å². The van der Waals surface area contributed by atoms with Gasteiger partial charge in [0.1, 0.15) is 11.5 Å². The smallest absolute Gasteiger partial charge is 0.274 e. The molecule has 2 N–H and O–H groups in total. The number of benzene rings is 1. The van der Waals surface area contributed by atoms with Gasteiger partial charge in [0.25, 0.3) is 5.91 Å². The number of hydrogen-bond donors (Lipinski definition) is 1. The molecule has 4 nitrogen and oxygen atoms in total. The third-order valence-electron chi connectivity index (χ3n) is 5.59. The fourth-order valence-corrected chi connectivity index (χ4v) is 5.37. The molecule has 1 aliphatic carbocycles. The summed E-state index contributed by atoms with van der Waals surface area (Å²) in [5.74, 6) is 0.788. The second-order valence-electron chi connectivity index (χ2n) is 7.03. The maximum Gasteiger partial charge on any atom is 0.274 e. The molecule has 25 heavy (non-hydrogen) atoms. The van der Waals surface area contributed by atoms with E-state index in [4.69, 9.17) is 5.73 Å². The number of thiazole rings is 1. The molecular formula is C19H22FN3OS. The molecule has 2 fully saturated rings. The van der Waals surface area contributed by atoms with Crippen LogP contribution in [0.5, 0.6) is 0 Å². The average molecular weight is 359 g/mol. The Balaban J connectivity index is 1.68. The van der Waals surface area contributed by atoms with E-state index >= 15 is 0 Å². The molecule has 1 aliphatic heterocycles. The Kier molecular flexibility index (Phi) is 4.33. The quantitative estimate of drug-likeness (QED) is 0.913. The molecule has 1 unspecified atom stereocenters. The zero-order valence-corrected chi connectivity index (χ0v) is 15.1. The third kappa shape index (κ3) is 2.87. The fourth-order valence-electron chi connectivity index (χ4n) is 4.46. The van der Waals surface area contributed by atoms with Gasteiger partial charge in [-0.1, -0.05) is 18.6 Å². The van der Waals surface area contributed by atoms with Crippen molar-refractivity contribution < 1.29 is 9.18 Å². The van der Waals surface area contributed by atoms with Crippen molar-refractivity contribution in [2.45, 2.75) is 32.2 Å². The summed E-state index contributed by atoms with van der Waals surface area (Å²) in [5, 5.41) is 0.839. The van der Waals surface area contributed by atoms with Crippen molar-refractivity contribution >= 4 is 17.2 Å². The predicted molar refractivity (Wildman–Crippen MR) is 97.0 cm³/mol. The fraction of sp³-hybridized carbons (Fsp3) is 0.474. The highest BCUT2D eigenvalue weighted by molar-refractivity contribution is 7.15. The molecule has 1 amide bonds. The molecule has 1 saturated carbocycles. The maximum absolute atomic E-state index is 13.3. The minimum atomic E-state index is -0.284. The van der Waals surface area contributed by atoms with E-state index in [1.54, 1.807) is 12.1 Å². The Morgan fingerprint density at radius 1 is 1.36 bits per heavy atom. The van der Waals surface area contributed by atoms with Crippen LogP contribution in [0, 0.1) is 24.6 Å². The molecule has 132 valence electrons. The molecule has 3 atom stereocenters. The second-order valence-corrected chi connectivity index (χ2v) is 8.24. The lowest BCUT2D eigenvalue weighted by Gasteiger charge is -2.26. The Morgan fingerprint density at radius 2 is 2.12 bits per heavy atom. The van der Waals surface area contributed by atoms with Crippen LogP contribution in [0.2, 0.25) is 0 Å². The molecule has 0 bridgehead atoms. The first-order valence-electron chi connectivity index (χ1n) is 8.83. The topological polar surface area (TPSA) is 59.2 Å². The van der Waals surface area contributed by atoms with E-state index in [0.717, 1.165) is 28.4 Å². The Bertz CT molecular complexity index is 788. The lowest BCUT2D eigenvalue weighted by Crippen LogP contribution is -2.43. The molecule has 4 rings (SSSR count). The second kappa shape index (κ2) is 6.50. The number of rotatable bonds is 3. The van der Waals surface area contributed by atoms with Crippen LogP contribution in [0.1, 0.15) is 34.8 Å². The number of carbonyl (C=O) groups is 1. The molecular weight excluding hydrogens is 337 g/mol. The molecule has 0 radical (unpaired) electrons. The van der Waals surface area contributed by atoms with Crippen LogP contribution in [0.15, 0.2) is 24.3 Å². The normalized spacial score (nSPS) is 25.4. The number of fused-ring (bicyclic) bond motifs is 1. The zero-order valence-electron chi connectivity index (χ0n) is 14.2. The van der Waals surface area contributed by atoms with Crippen molar-refractivity contribution in [1.82, 2.24) is 9.88 Å². The summed E-state index contributed by atoms with van der Waals surface area (Å²) in [5.41, 5.74) is 7.33. The summed E-state index contributed by atoms with van der Waals surface area (Å²) in [4.78, 5) is 20.5. The van der Waals surface area contributed by atoms with Gasteiger partial charge in [0.05, 0.1) is 9.88 Å². The van der Waals surface area contributed by atoms with E-state index in [-0.39, 0.29) is 17.8 Å². The Labute approximate surface area is 150 Å². The van der Waals surface area contributed by atoms with Gasteiger partial charge in [-0.3, -0.25) is 4.79 Å². The number of amides is 1. The minimum Gasteiger partial charge on any atom is -0.332 e. The van der Waals surface area contributed by atoms with E-state index in [9.17, 15) is 9.18 Å². The van der Waals surface area contributed by atoms with Crippen LogP contribution in [-0.2, 0) is 0 Å². The largest absolute Gasteiger partial charge is 0.332 e. The van der Waals surface area contributed by atoms with Gasteiger partial charge < -0.3 is 10.6 Å². The summed E-state index contributed by atoms with van der Waals surface area (Å²) < 4.78 is 13.2. The van der Waals surface area contributed by atoms with Crippen LogP contribution in [0.3, 0.4) is 0 Å². The van der Waals surface area contributed by atoms with Gasteiger partial charge in [-0.15, -0.1) is 11.3 Å². The van der Waals surface area contributed by atoms with Gasteiger partial charge in [0, 0.05) is 19.1 Å².